The van der Waals surface area contributed by atoms with Gasteiger partial charge in [0.15, 0.2) is 0 Å². The van der Waals surface area contributed by atoms with Crippen LogP contribution in [0.5, 0.6) is 0 Å². The van der Waals surface area contributed by atoms with Gasteiger partial charge in [0.05, 0.1) is 0 Å². The number of amides is 1. The number of halogens is 2. The summed E-state index contributed by atoms with van der Waals surface area (Å²) in [6.45, 7) is 8.56. The first-order chi connectivity index (χ1) is 16.0. The monoisotopic (exact) mass is 471 g/mol. The Kier molecular flexibility index (Phi) is 8.47. The molecule has 0 aromatic heterocycles. The third-order valence-corrected chi connectivity index (χ3v) is 6.95. The van der Waals surface area contributed by atoms with E-state index in [1.165, 1.54) is 36.6 Å². The highest BCUT2D eigenvalue weighted by Crippen LogP contribution is 2.38. The topological polar surface area (TPSA) is 67.2 Å². The fourth-order valence-corrected chi connectivity index (χ4v) is 5.01. The first kappa shape index (κ1) is 26.3. The zero-order chi connectivity index (χ0) is 24.9. The standard InChI is InChI=1S/C28H39F2N3O/c1-19(34)33-26(15-20-13-23(29)17-24(30)14-20)25(31)18-32-28(11-6-5-7-12-28)22-10-8-9-21(16-22)27(2,3)4/h8-10,13-14,16-17,25-26,32H,5-7,11-12,15,18,31H2,1-4H3,(H,33,34)/t25-,26-/m0/s1. The summed E-state index contributed by atoms with van der Waals surface area (Å²) in [6.07, 6.45) is 5.79. The number of carbonyl (C=O) groups excluding carboxylic acids is 1. The summed E-state index contributed by atoms with van der Waals surface area (Å²) in [7, 11) is 0. The molecule has 1 aliphatic rings. The smallest absolute Gasteiger partial charge is 0.217 e. The normalized spacial score (nSPS) is 17.7. The minimum atomic E-state index is -0.636. The number of hydrogen-bond acceptors (Lipinski definition) is 3. The fraction of sp³-hybridized carbons (Fsp3) is 0.536. The van der Waals surface area contributed by atoms with Crippen LogP contribution in [0.15, 0.2) is 42.5 Å². The maximum atomic E-state index is 13.7. The third-order valence-electron chi connectivity index (χ3n) is 6.95. The van der Waals surface area contributed by atoms with Crippen molar-refractivity contribution >= 4 is 5.91 Å². The van der Waals surface area contributed by atoms with Crippen molar-refractivity contribution in [3.05, 3.63) is 70.8 Å². The van der Waals surface area contributed by atoms with Crippen LogP contribution in [-0.4, -0.2) is 24.5 Å². The molecule has 0 saturated heterocycles. The van der Waals surface area contributed by atoms with E-state index in [9.17, 15) is 13.6 Å². The molecule has 3 rings (SSSR count). The second-order valence-electron chi connectivity index (χ2n) is 10.8. The summed E-state index contributed by atoms with van der Waals surface area (Å²) in [5, 5.41) is 6.65. The number of nitrogens with one attached hydrogen (secondary N) is 2. The summed E-state index contributed by atoms with van der Waals surface area (Å²) in [4.78, 5) is 11.9. The lowest BCUT2D eigenvalue weighted by molar-refractivity contribution is -0.119. The van der Waals surface area contributed by atoms with Crippen molar-refractivity contribution in [3.63, 3.8) is 0 Å². The van der Waals surface area contributed by atoms with E-state index in [1.54, 1.807) is 0 Å². The van der Waals surface area contributed by atoms with Gasteiger partial charge in [-0.05, 0) is 53.5 Å². The Morgan fingerprint density at radius 1 is 1.06 bits per heavy atom. The van der Waals surface area contributed by atoms with E-state index in [-0.39, 0.29) is 23.3 Å². The first-order valence-corrected chi connectivity index (χ1v) is 12.3. The number of nitrogens with two attached hydrogens (primary N) is 1. The Labute approximate surface area is 202 Å². The molecule has 0 aliphatic heterocycles. The van der Waals surface area contributed by atoms with E-state index in [1.807, 2.05) is 0 Å². The molecule has 0 radical (unpaired) electrons. The predicted octanol–water partition coefficient (Wildman–Crippen LogP) is 5.09. The van der Waals surface area contributed by atoms with Gasteiger partial charge in [-0.1, -0.05) is 64.3 Å². The lowest BCUT2D eigenvalue weighted by atomic mass is 9.74. The molecule has 0 bridgehead atoms. The van der Waals surface area contributed by atoms with Crippen LogP contribution in [-0.2, 0) is 22.2 Å². The SMILES string of the molecule is CC(=O)N[C@@H](Cc1cc(F)cc(F)c1)[C@@H](N)CNC1(c2cccc(C(C)(C)C)c2)CCCCC1. The van der Waals surface area contributed by atoms with Gasteiger partial charge in [0.1, 0.15) is 11.6 Å². The van der Waals surface area contributed by atoms with Crippen LogP contribution >= 0.6 is 0 Å². The zero-order valence-electron chi connectivity index (χ0n) is 20.9. The van der Waals surface area contributed by atoms with Gasteiger partial charge >= 0.3 is 0 Å². The van der Waals surface area contributed by atoms with Crippen LogP contribution in [0, 0.1) is 11.6 Å². The van der Waals surface area contributed by atoms with Crippen LogP contribution in [0.3, 0.4) is 0 Å². The molecule has 4 nitrogen and oxygen atoms in total. The highest BCUT2D eigenvalue weighted by atomic mass is 19.1. The van der Waals surface area contributed by atoms with E-state index in [0.717, 1.165) is 31.7 Å². The van der Waals surface area contributed by atoms with E-state index in [4.69, 9.17) is 5.73 Å². The van der Waals surface area contributed by atoms with E-state index in [2.05, 4.69) is 55.7 Å². The number of hydrogen-bond donors (Lipinski definition) is 3. The summed E-state index contributed by atoms with van der Waals surface area (Å²) in [6, 6.07) is 11.4. The van der Waals surface area contributed by atoms with Crippen molar-refractivity contribution in [1.82, 2.24) is 10.6 Å². The Hall–Kier alpha value is -2.31. The summed E-state index contributed by atoms with van der Waals surface area (Å²) in [5.41, 5.74) is 9.49. The van der Waals surface area contributed by atoms with Gasteiger partial charge in [-0.2, -0.15) is 0 Å². The van der Waals surface area contributed by atoms with E-state index >= 15 is 0 Å². The van der Waals surface area contributed by atoms with Crippen LogP contribution in [0.2, 0.25) is 0 Å². The van der Waals surface area contributed by atoms with Gasteiger partial charge in [0.25, 0.3) is 0 Å². The fourth-order valence-electron chi connectivity index (χ4n) is 5.01. The van der Waals surface area contributed by atoms with Crippen LogP contribution in [0.4, 0.5) is 8.78 Å². The van der Waals surface area contributed by atoms with Gasteiger partial charge in [0, 0.05) is 37.2 Å². The second kappa shape index (κ2) is 11.0. The Morgan fingerprint density at radius 2 is 1.71 bits per heavy atom. The molecule has 1 amide bonds. The minimum absolute atomic E-state index is 0.0546. The van der Waals surface area contributed by atoms with Gasteiger partial charge < -0.3 is 16.4 Å². The largest absolute Gasteiger partial charge is 0.352 e. The maximum absolute atomic E-state index is 13.7. The van der Waals surface area contributed by atoms with Gasteiger partial charge in [0.2, 0.25) is 5.91 Å². The van der Waals surface area contributed by atoms with Crippen molar-refractivity contribution in [1.29, 1.82) is 0 Å². The maximum Gasteiger partial charge on any atom is 0.217 e. The molecule has 1 aliphatic carbocycles. The first-order valence-electron chi connectivity index (χ1n) is 12.3. The molecule has 0 heterocycles. The van der Waals surface area contributed by atoms with Crippen molar-refractivity contribution in [2.75, 3.05) is 6.54 Å². The van der Waals surface area contributed by atoms with Crippen molar-refractivity contribution in [2.45, 2.75) is 89.3 Å². The van der Waals surface area contributed by atoms with E-state index in [0.29, 0.717) is 12.1 Å². The Balaban J connectivity index is 1.80. The predicted molar refractivity (Wildman–Crippen MR) is 134 cm³/mol. The Morgan fingerprint density at radius 3 is 2.29 bits per heavy atom. The average Bonchev–Trinajstić information content (AvgIpc) is 2.76. The van der Waals surface area contributed by atoms with Crippen LogP contribution in [0.25, 0.3) is 0 Å². The molecule has 0 unspecified atom stereocenters. The second-order valence-corrected chi connectivity index (χ2v) is 10.8. The van der Waals surface area contributed by atoms with Crippen molar-refractivity contribution in [2.24, 2.45) is 5.73 Å². The number of rotatable bonds is 8. The van der Waals surface area contributed by atoms with Gasteiger partial charge in [-0.3, -0.25) is 4.79 Å². The third kappa shape index (κ3) is 6.86. The molecule has 34 heavy (non-hydrogen) atoms. The molecule has 186 valence electrons. The molecule has 2 aromatic rings. The summed E-state index contributed by atoms with van der Waals surface area (Å²) >= 11 is 0. The summed E-state index contributed by atoms with van der Waals surface area (Å²) < 4.78 is 27.4. The van der Waals surface area contributed by atoms with E-state index < -0.39 is 23.7 Å². The minimum Gasteiger partial charge on any atom is -0.352 e. The number of benzene rings is 2. The lowest BCUT2D eigenvalue weighted by Crippen LogP contribution is -2.56. The lowest BCUT2D eigenvalue weighted by Gasteiger charge is -2.41. The quantitative estimate of drug-likeness (QED) is 0.503. The Bertz CT molecular complexity index is 960. The molecule has 4 N–H and O–H groups in total. The highest BCUT2D eigenvalue weighted by Gasteiger charge is 2.35. The molecule has 1 fully saturated rings. The zero-order valence-corrected chi connectivity index (χ0v) is 20.9. The van der Waals surface area contributed by atoms with Crippen LogP contribution in [0.1, 0.15) is 76.5 Å². The van der Waals surface area contributed by atoms with Crippen LogP contribution < -0.4 is 16.4 Å². The molecular weight excluding hydrogens is 432 g/mol. The molecule has 6 heteroatoms. The molecular formula is C28H39F2N3O. The molecule has 0 spiro atoms. The van der Waals surface area contributed by atoms with Crippen molar-refractivity contribution in [3.8, 4) is 0 Å². The average molecular weight is 472 g/mol. The molecule has 2 atom stereocenters. The van der Waals surface area contributed by atoms with Gasteiger partial charge in [-0.15, -0.1) is 0 Å². The molecule has 1 saturated carbocycles. The highest BCUT2D eigenvalue weighted by molar-refractivity contribution is 5.73. The van der Waals surface area contributed by atoms with Gasteiger partial charge in [-0.25, -0.2) is 8.78 Å². The number of carbonyl (C=O) groups is 1. The summed E-state index contributed by atoms with van der Waals surface area (Å²) in [5.74, 6) is -1.49. The molecule has 2 aromatic carbocycles. The van der Waals surface area contributed by atoms with Crippen molar-refractivity contribution < 1.29 is 13.6 Å².